The van der Waals surface area contributed by atoms with Gasteiger partial charge in [-0.2, -0.15) is 0 Å². The first-order chi connectivity index (χ1) is 21.8. The fraction of sp³-hybridized carbons (Fsp3) is 0.0233. The third-order valence-corrected chi connectivity index (χ3v) is 9.26. The molecule has 0 saturated heterocycles. The molecule has 0 radical (unpaired) electrons. The molecule has 1 aliphatic rings. The van der Waals surface area contributed by atoms with Crippen molar-refractivity contribution in [2.24, 2.45) is 0 Å². The van der Waals surface area contributed by atoms with Gasteiger partial charge in [-0.25, -0.2) is 0 Å². The number of dihydropyridines is 1. The van der Waals surface area contributed by atoms with Gasteiger partial charge in [0.1, 0.15) is 0 Å². The lowest BCUT2D eigenvalue weighted by Crippen LogP contribution is -2.14. The molecule has 1 nitrogen and oxygen atoms in total. The fourth-order valence-electron chi connectivity index (χ4n) is 7.10. The first kappa shape index (κ1) is 24.9. The van der Waals surface area contributed by atoms with E-state index in [1.54, 1.807) is 0 Å². The molecule has 1 heterocycles. The molecule has 8 aromatic carbocycles. The number of allylic oxidation sites excluding steroid dienone is 2. The van der Waals surface area contributed by atoms with Crippen LogP contribution in [0.3, 0.4) is 0 Å². The molecule has 0 aliphatic carbocycles. The second-order valence-corrected chi connectivity index (χ2v) is 11.7. The number of rotatable bonds is 4. The summed E-state index contributed by atoms with van der Waals surface area (Å²) in [6.07, 6.45) is 6.41. The van der Waals surface area contributed by atoms with Gasteiger partial charge < -0.3 is 5.32 Å². The second-order valence-electron chi connectivity index (χ2n) is 11.7. The van der Waals surface area contributed by atoms with Crippen molar-refractivity contribution in [1.29, 1.82) is 0 Å². The number of hydrogen-bond acceptors (Lipinski definition) is 1. The van der Waals surface area contributed by atoms with Crippen LogP contribution in [0.4, 0.5) is 0 Å². The van der Waals surface area contributed by atoms with E-state index in [2.05, 4.69) is 163 Å². The number of benzene rings is 8. The Kier molecular flexibility index (Phi) is 5.64. The molecule has 0 bridgehead atoms. The Balaban J connectivity index is 1.24. The van der Waals surface area contributed by atoms with E-state index in [-0.39, 0.29) is 0 Å². The first-order valence-electron chi connectivity index (χ1n) is 15.3. The first-order valence-corrected chi connectivity index (χ1v) is 15.3. The average molecular weight is 560 g/mol. The van der Waals surface area contributed by atoms with E-state index in [9.17, 15) is 0 Å². The Morgan fingerprint density at radius 1 is 0.409 bits per heavy atom. The normalized spacial score (nSPS) is 13.1. The van der Waals surface area contributed by atoms with Crippen LogP contribution in [0.25, 0.3) is 82.2 Å². The molecule has 1 N–H and O–H groups in total. The van der Waals surface area contributed by atoms with Crippen LogP contribution in [-0.4, -0.2) is 6.54 Å². The Morgan fingerprint density at radius 2 is 0.977 bits per heavy atom. The maximum absolute atomic E-state index is 3.49. The third-order valence-electron chi connectivity index (χ3n) is 9.26. The fourth-order valence-corrected chi connectivity index (χ4v) is 7.10. The van der Waals surface area contributed by atoms with Gasteiger partial charge in [0, 0.05) is 12.2 Å². The van der Waals surface area contributed by atoms with E-state index in [1.807, 2.05) is 0 Å². The Hall–Kier alpha value is -5.66. The van der Waals surface area contributed by atoms with Crippen LogP contribution in [0.1, 0.15) is 5.56 Å². The average Bonchev–Trinajstić information content (AvgIpc) is 3.11. The van der Waals surface area contributed by atoms with E-state index < -0.39 is 0 Å². The second kappa shape index (κ2) is 9.97. The molecule has 0 aromatic heterocycles. The molecule has 1 aliphatic heterocycles. The Bertz CT molecular complexity index is 2390. The standard InChI is InChI=1S/C43H29N/c1-2-11-35-28(7-1)8-6-12-36(35)29-14-16-30(17-15-29)39-27-40(31-18-20-32(21-19-31)41-13-3-4-26-44-41)38-25-23-34-10-5-9-33-22-24-37(39)43(38)42(33)34/h1-25,27,44H,26H2. The summed E-state index contributed by atoms with van der Waals surface area (Å²) in [6, 6.07) is 51.6. The van der Waals surface area contributed by atoms with Crippen LogP contribution in [0, 0.1) is 0 Å². The van der Waals surface area contributed by atoms with E-state index in [0.717, 1.165) is 6.54 Å². The van der Waals surface area contributed by atoms with Crippen molar-refractivity contribution < 1.29 is 0 Å². The van der Waals surface area contributed by atoms with Gasteiger partial charge in [0.15, 0.2) is 0 Å². The van der Waals surface area contributed by atoms with Crippen LogP contribution in [0.5, 0.6) is 0 Å². The predicted octanol–water partition coefficient (Wildman–Crippen LogP) is 11.2. The Labute approximate surface area is 256 Å². The van der Waals surface area contributed by atoms with Gasteiger partial charge >= 0.3 is 0 Å². The van der Waals surface area contributed by atoms with Crippen molar-refractivity contribution in [2.75, 3.05) is 6.54 Å². The summed E-state index contributed by atoms with van der Waals surface area (Å²) in [4.78, 5) is 0. The maximum atomic E-state index is 3.49. The van der Waals surface area contributed by atoms with Gasteiger partial charge in [-0.1, -0.05) is 146 Å². The van der Waals surface area contributed by atoms with E-state index in [4.69, 9.17) is 0 Å². The van der Waals surface area contributed by atoms with Crippen molar-refractivity contribution >= 4 is 48.8 Å². The SMILES string of the molecule is C1=CCNC(c2ccc(-c3cc(-c4ccc(-c5cccc6ccccc56)cc4)c4ccc5cccc6ccc3c4c65)cc2)=C1. The van der Waals surface area contributed by atoms with Crippen molar-refractivity contribution in [3.63, 3.8) is 0 Å². The summed E-state index contributed by atoms with van der Waals surface area (Å²) in [5, 5.41) is 13.9. The van der Waals surface area contributed by atoms with Gasteiger partial charge in [0.2, 0.25) is 0 Å². The highest BCUT2D eigenvalue weighted by atomic mass is 14.9. The van der Waals surface area contributed by atoms with Gasteiger partial charge in [0.05, 0.1) is 0 Å². The number of nitrogens with one attached hydrogen (secondary N) is 1. The highest BCUT2D eigenvalue weighted by Gasteiger charge is 2.17. The summed E-state index contributed by atoms with van der Waals surface area (Å²) >= 11 is 0. The lowest BCUT2D eigenvalue weighted by Gasteiger charge is -2.19. The molecular weight excluding hydrogens is 530 g/mol. The molecule has 44 heavy (non-hydrogen) atoms. The van der Waals surface area contributed by atoms with Crippen molar-refractivity contribution in [3.8, 4) is 33.4 Å². The highest BCUT2D eigenvalue weighted by molar-refractivity contribution is 6.28. The summed E-state index contributed by atoms with van der Waals surface area (Å²) in [6.45, 7) is 0.866. The van der Waals surface area contributed by atoms with Crippen molar-refractivity contribution in [2.45, 2.75) is 0 Å². The topological polar surface area (TPSA) is 12.0 Å². The minimum atomic E-state index is 0.866. The minimum absolute atomic E-state index is 0.866. The molecule has 0 unspecified atom stereocenters. The molecule has 0 saturated carbocycles. The Morgan fingerprint density at radius 3 is 1.64 bits per heavy atom. The van der Waals surface area contributed by atoms with Crippen molar-refractivity contribution in [3.05, 3.63) is 163 Å². The summed E-state index contributed by atoms with van der Waals surface area (Å²) < 4.78 is 0. The monoisotopic (exact) mass is 559 g/mol. The summed E-state index contributed by atoms with van der Waals surface area (Å²) in [7, 11) is 0. The molecule has 1 heteroatoms. The van der Waals surface area contributed by atoms with Gasteiger partial charge in [-0.3, -0.25) is 0 Å². The van der Waals surface area contributed by atoms with Crippen molar-refractivity contribution in [1.82, 2.24) is 5.32 Å². The van der Waals surface area contributed by atoms with Gasteiger partial charge in [0.25, 0.3) is 0 Å². The molecule has 0 atom stereocenters. The van der Waals surface area contributed by atoms with Crippen LogP contribution >= 0.6 is 0 Å². The molecule has 9 rings (SSSR count). The third kappa shape index (κ3) is 3.94. The van der Waals surface area contributed by atoms with Gasteiger partial charge in [-0.15, -0.1) is 0 Å². The molecule has 0 spiro atoms. The molecule has 0 amide bonds. The lowest BCUT2D eigenvalue weighted by molar-refractivity contribution is 0.996. The van der Waals surface area contributed by atoms with Gasteiger partial charge in [-0.05, 0) is 94.2 Å². The van der Waals surface area contributed by atoms with Crippen LogP contribution < -0.4 is 5.32 Å². The van der Waals surface area contributed by atoms with E-state index in [0.29, 0.717) is 0 Å². The highest BCUT2D eigenvalue weighted by Crippen LogP contribution is 2.44. The zero-order valence-corrected chi connectivity index (χ0v) is 24.2. The smallest absolute Gasteiger partial charge is 0.0416 e. The van der Waals surface area contributed by atoms with E-state index >= 15 is 0 Å². The van der Waals surface area contributed by atoms with Crippen LogP contribution in [-0.2, 0) is 0 Å². The largest absolute Gasteiger partial charge is 0.381 e. The van der Waals surface area contributed by atoms with Crippen LogP contribution in [0.2, 0.25) is 0 Å². The molecule has 206 valence electrons. The quantitative estimate of drug-likeness (QED) is 0.212. The summed E-state index contributed by atoms with van der Waals surface area (Å²) in [5.41, 5.74) is 9.87. The zero-order chi connectivity index (χ0) is 29.0. The predicted molar refractivity (Wildman–Crippen MR) is 189 cm³/mol. The number of fused-ring (bicyclic) bond motifs is 1. The zero-order valence-electron chi connectivity index (χ0n) is 24.2. The minimum Gasteiger partial charge on any atom is -0.381 e. The molecule has 8 aromatic rings. The van der Waals surface area contributed by atoms with E-state index in [1.165, 1.54) is 87.7 Å². The number of hydrogen-bond donors (Lipinski definition) is 1. The molecular formula is C43H29N. The molecule has 0 fully saturated rings. The maximum Gasteiger partial charge on any atom is 0.0416 e. The summed E-state index contributed by atoms with van der Waals surface area (Å²) in [5.74, 6) is 0. The van der Waals surface area contributed by atoms with Crippen LogP contribution in [0.15, 0.2) is 158 Å². The lowest BCUT2D eigenvalue weighted by atomic mass is 9.85.